The van der Waals surface area contributed by atoms with Crippen molar-refractivity contribution in [1.29, 1.82) is 0 Å². The molecule has 3 heterocycles. The molecule has 1 saturated heterocycles. The van der Waals surface area contributed by atoms with Gasteiger partial charge in [0.1, 0.15) is 0 Å². The summed E-state index contributed by atoms with van der Waals surface area (Å²) in [5, 5.41) is 12.6. The maximum atomic E-state index is 12.4. The predicted octanol–water partition coefficient (Wildman–Crippen LogP) is 2.91. The summed E-state index contributed by atoms with van der Waals surface area (Å²) >= 11 is 1.69. The van der Waals surface area contributed by atoms with Gasteiger partial charge in [0.2, 0.25) is 5.91 Å². The van der Waals surface area contributed by atoms with E-state index in [9.17, 15) is 4.79 Å². The smallest absolute Gasteiger partial charge is 0.222 e. The second-order valence-corrected chi connectivity index (χ2v) is 7.17. The minimum Gasteiger partial charge on any atom is -0.355 e. The third-order valence-electron chi connectivity index (χ3n) is 4.72. The summed E-state index contributed by atoms with van der Waals surface area (Å²) in [6.45, 7) is 3.60. The van der Waals surface area contributed by atoms with E-state index in [0.717, 1.165) is 43.9 Å². The van der Waals surface area contributed by atoms with Crippen LogP contribution in [-0.2, 0) is 11.2 Å². The minimum absolute atomic E-state index is 0.275. The van der Waals surface area contributed by atoms with Crippen LogP contribution in [0.3, 0.4) is 0 Å². The molecule has 1 aliphatic heterocycles. The summed E-state index contributed by atoms with van der Waals surface area (Å²) in [5.41, 5.74) is 2.19. The lowest BCUT2D eigenvalue weighted by molar-refractivity contribution is -0.132. The van der Waals surface area contributed by atoms with Gasteiger partial charge in [-0.2, -0.15) is 16.4 Å². The Kier molecular flexibility index (Phi) is 5.45. The quantitative estimate of drug-likeness (QED) is 0.837. The summed E-state index contributed by atoms with van der Waals surface area (Å²) in [4.78, 5) is 16.6. The first-order valence-corrected chi connectivity index (χ1v) is 9.40. The van der Waals surface area contributed by atoms with Gasteiger partial charge in [0.05, 0.1) is 5.69 Å². The fourth-order valence-corrected chi connectivity index (χ4v) is 3.82. The number of carbonyl (C=O) groups is 1. The molecule has 0 atom stereocenters. The summed E-state index contributed by atoms with van der Waals surface area (Å²) < 4.78 is 0. The second kappa shape index (κ2) is 7.75. The van der Waals surface area contributed by atoms with Crippen molar-refractivity contribution in [3.05, 3.63) is 40.2 Å². The molecule has 6 heteroatoms. The van der Waals surface area contributed by atoms with Gasteiger partial charge >= 0.3 is 0 Å². The van der Waals surface area contributed by atoms with Crippen molar-refractivity contribution in [3.63, 3.8) is 0 Å². The van der Waals surface area contributed by atoms with Gasteiger partial charge < -0.3 is 9.80 Å². The lowest BCUT2D eigenvalue weighted by Gasteiger charge is -2.37. The Morgan fingerprint density at radius 1 is 1.29 bits per heavy atom. The maximum Gasteiger partial charge on any atom is 0.222 e. The summed E-state index contributed by atoms with van der Waals surface area (Å²) in [6, 6.07) is 6.52. The van der Waals surface area contributed by atoms with Gasteiger partial charge in [0, 0.05) is 32.6 Å². The molecule has 0 N–H and O–H groups in total. The molecule has 0 radical (unpaired) electrons. The third kappa shape index (κ3) is 4.12. The highest BCUT2D eigenvalue weighted by atomic mass is 32.1. The van der Waals surface area contributed by atoms with E-state index in [1.54, 1.807) is 11.3 Å². The molecular weight excluding hydrogens is 320 g/mol. The van der Waals surface area contributed by atoms with Gasteiger partial charge in [-0.15, -0.1) is 5.10 Å². The number of hydrogen-bond donors (Lipinski definition) is 0. The topological polar surface area (TPSA) is 49.3 Å². The standard InChI is InChI=1S/C18H24N4OS/c1-14-3-5-17(20-19-14)21(2)16-7-10-22(11-8-16)18(23)6-4-15-9-12-24-13-15/h3,5,9,12-13,16H,4,6-8,10-11H2,1-2H3. The number of rotatable bonds is 5. The molecule has 24 heavy (non-hydrogen) atoms. The highest BCUT2D eigenvalue weighted by Crippen LogP contribution is 2.21. The van der Waals surface area contributed by atoms with E-state index in [4.69, 9.17) is 0 Å². The van der Waals surface area contributed by atoms with Gasteiger partial charge in [-0.3, -0.25) is 4.79 Å². The molecular formula is C18H24N4OS. The maximum absolute atomic E-state index is 12.4. The number of hydrogen-bond acceptors (Lipinski definition) is 5. The molecule has 1 aliphatic rings. The van der Waals surface area contributed by atoms with E-state index in [1.165, 1.54) is 5.56 Å². The van der Waals surface area contributed by atoms with Gasteiger partial charge in [-0.25, -0.2) is 0 Å². The van der Waals surface area contributed by atoms with Crippen LogP contribution < -0.4 is 4.90 Å². The van der Waals surface area contributed by atoms with Crippen LogP contribution in [0.4, 0.5) is 5.82 Å². The lowest BCUT2D eigenvalue weighted by Crippen LogP contribution is -2.46. The molecule has 0 saturated carbocycles. The molecule has 1 amide bonds. The number of likely N-dealkylation sites (tertiary alicyclic amines) is 1. The van der Waals surface area contributed by atoms with E-state index >= 15 is 0 Å². The zero-order chi connectivity index (χ0) is 16.9. The lowest BCUT2D eigenvalue weighted by atomic mass is 10.0. The Morgan fingerprint density at radius 3 is 2.71 bits per heavy atom. The highest BCUT2D eigenvalue weighted by molar-refractivity contribution is 7.07. The van der Waals surface area contributed by atoms with Crippen molar-refractivity contribution in [1.82, 2.24) is 15.1 Å². The first-order valence-electron chi connectivity index (χ1n) is 8.45. The van der Waals surface area contributed by atoms with E-state index in [1.807, 2.05) is 24.0 Å². The molecule has 1 fully saturated rings. The molecule has 0 unspecified atom stereocenters. The molecule has 0 aromatic carbocycles. The van der Waals surface area contributed by atoms with Gasteiger partial charge in [0.15, 0.2) is 5.82 Å². The molecule has 3 rings (SSSR count). The molecule has 0 spiro atoms. The highest BCUT2D eigenvalue weighted by Gasteiger charge is 2.25. The van der Waals surface area contributed by atoms with Gasteiger partial charge in [-0.05, 0) is 60.7 Å². The number of piperidine rings is 1. The third-order valence-corrected chi connectivity index (χ3v) is 5.45. The molecule has 128 valence electrons. The number of aryl methyl sites for hydroxylation is 2. The van der Waals surface area contributed by atoms with Gasteiger partial charge in [0.25, 0.3) is 0 Å². The van der Waals surface area contributed by atoms with Crippen molar-refractivity contribution < 1.29 is 4.79 Å². The average molecular weight is 344 g/mol. The Balaban J connectivity index is 1.48. The Bertz CT molecular complexity index is 648. The van der Waals surface area contributed by atoms with E-state index in [0.29, 0.717) is 12.5 Å². The fourth-order valence-electron chi connectivity index (χ4n) is 3.11. The molecule has 2 aromatic rings. The minimum atomic E-state index is 0.275. The first-order chi connectivity index (χ1) is 11.6. The zero-order valence-electron chi connectivity index (χ0n) is 14.3. The van der Waals surface area contributed by atoms with Crippen LogP contribution in [0.1, 0.15) is 30.5 Å². The molecule has 0 aliphatic carbocycles. The second-order valence-electron chi connectivity index (χ2n) is 6.39. The Labute approximate surface area is 147 Å². The van der Waals surface area contributed by atoms with E-state index in [-0.39, 0.29) is 5.91 Å². The number of thiophene rings is 1. The van der Waals surface area contributed by atoms with E-state index in [2.05, 4.69) is 39.0 Å². The van der Waals surface area contributed by atoms with E-state index < -0.39 is 0 Å². The number of carbonyl (C=O) groups excluding carboxylic acids is 1. The number of nitrogens with zero attached hydrogens (tertiary/aromatic N) is 4. The largest absolute Gasteiger partial charge is 0.355 e. The van der Waals surface area contributed by atoms with Crippen molar-refractivity contribution >= 4 is 23.1 Å². The summed E-state index contributed by atoms with van der Waals surface area (Å²) in [5.74, 6) is 1.18. The van der Waals surface area contributed by atoms with Crippen LogP contribution in [-0.4, -0.2) is 47.2 Å². The molecule has 5 nitrogen and oxygen atoms in total. The van der Waals surface area contributed by atoms with Crippen LogP contribution in [0.25, 0.3) is 0 Å². The fraction of sp³-hybridized carbons (Fsp3) is 0.500. The zero-order valence-corrected chi connectivity index (χ0v) is 15.1. The van der Waals surface area contributed by atoms with Crippen LogP contribution in [0, 0.1) is 6.92 Å². The Morgan fingerprint density at radius 2 is 2.08 bits per heavy atom. The number of aromatic nitrogens is 2. The van der Waals surface area contributed by atoms with Crippen LogP contribution in [0.2, 0.25) is 0 Å². The molecule has 2 aromatic heterocycles. The van der Waals surface area contributed by atoms with Crippen molar-refractivity contribution in [3.8, 4) is 0 Å². The van der Waals surface area contributed by atoms with Crippen LogP contribution >= 0.6 is 11.3 Å². The normalized spacial score (nSPS) is 15.5. The van der Waals surface area contributed by atoms with Crippen LogP contribution in [0.5, 0.6) is 0 Å². The number of anilines is 1. The number of amides is 1. The predicted molar refractivity (Wildman–Crippen MR) is 97.4 cm³/mol. The monoisotopic (exact) mass is 344 g/mol. The van der Waals surface area contributed by atoms with Crippen LogP contribution in [0.15, 0.2) is 29.0 Å². The SMILES string of the molecule is Cc1ccc(N(C)C2CCN(C(=O)CCc3ccsc3)CC2)nn1. The first kappa shape index (κ1) is 16.9. The molecule has 0 bridgehead atoms. The van der Waals surface area contributed by atoms with Crippen molar-refractivity contribution in [2.45, 2.75) is 38.6 Å². The average Bonchev–Trinajstić information content (AvgIpc) is 3.13. The summed E-state index contributed by atoms with van der Waals surface area (Å²) in [7, 11) is 2.07. The van der Waals surface area contributed by atoms with Crippen molar-refractivity contribution in [2.75, 3.05) is 25.0 Å². The van der Waals surface area contributed by atoms with Gasteiger partial charge in [-0.1, -0.05) is 0 Å². The summed E-state index contributed by atoms with van der Waals surface area (Å²) in [6.07, 6.45) is 3.42. The van der Waals surface area contributed by atoms with Crippen molar-refractivity contribution in [2.24, 2.45) is 0 Å². The Hall–Kier alpha value is -1.95.